The predicted octanol–water partition coefficient (Wildman–Crippen LogP) is 4.04. The maximum atomic E-state index is 12.3. The molecule has 156 valence electrons. The lowest BCUT2D eigenvalue weighted by Crippen LogP contribution is -2.32. The molecule has 2 amide bonds. The molecule has 0 saturated heterocycles. The van der Waals surface area contributed by atoms with Gasteiger partial charge in [-0.2, -0.15) is 13.2 Å². The summed E-state index contributed by atoms with van der Waals surface area (Å²) in [7, 11) is 1.74. The number of carbonyl (C=O) groups is 2. The molecule has 0 saturated carbocycles. The maximum absolute atomic E-state index is 12.3. The summed E-state index contributed by atoms with van der Waals surface area (Å²) in [4.78, 5) is 26.1. The normalized spacial score (nSPS) is 11.3. The lowest BCUT2D eigenvalue weighted by Gasteiger charge is -2.21. The highest BCUT2D eigenvalue weighted by atomic mass is 19.4. The van der Waals surface area contributed by atoms with E-state index in [1.807, 2.05) is 13.8 Å². The van der Waals surface area contributed by atoms with Gasteiger partial charge in [0.05, 0.1) is 0 Å². The van der Waals surface area contributed by atoms with E-state index in [0.29, 0.717) is 11.1 Å². The number of benzene rings is 2. The predicted molar refractivity (Wildman–Crippen MR) is 103 cm³/mol. The van der Waals surface area contributed by atoms with E-state index in [-0.39, 0.29) is 30.2 Å². The standard InChI is InChI=1S/C21H23F3N2O3/c1-14(2)26(3)20(28)17-6-4-15(5-7-17)12-25-19(27)16-8-10-18(11-9-16)29-13-21(22,23)24/h4-11,14H,12-13H2,1-3H3,(H,25,27). The minimum atomic E-state index is -4.42. The second-order valence-corrected chi connectivity index (χ2v) is 6.82. The van der Waals surface area contributed by atoms with Crippen LogP contribution in [0, 0.1) is 0 Å². The van der Waals surface area contributed by atoms with Gasteiger partial charge in [-0.05, 0) is 55.8 Å². The average molecular weight is 408 g/mol. The SMILES string of the molecule is CC(C)N(C)C(=O)c1ccc(CNC(=O)c2ccc(OCC(F)(F)F)cc2)cc1. The summed E-state index contributed by atoms with van der Waals surface area (Å²) in [6.45, 7) is 2.72. The summed E-state index contributed by atoms with van der Waals surface area (Å²) in [5, 5.41) is 2.73. The first kappa shape index (κ1) is 22.3. The van der Waals surface area contributed by atoms with Gasteiger partial charge in [0.25, 0.3) is 11.8 Å². The van der Waals surface area contributed by atoms with Crippen LogP contribution in [0.4, 0.5) is 13.2 Å². The number of nitrogens with one attached hydrogen (secondary N) is 1. The monoisotopic (exact) mass is 408 g/mol. The highest BCUT2D eigenvalue weighted by molar-refractivity contribution is 5.95. The van der Waals surface area contributed by atoms with Crippen molar-refractivity contribution in [3.8, 4) is 5.75 Å². The molecule has 0 spiro atoms. The Morgan fingerprint density at radius 2 is 1.55 bits per heavy atom. The molecule has 1 N–H and O–H groups in total. The molecule has 2 aromatic carbocycles. The van der Waals surface area contributed by atoms with Crippen molar-refractivity contribution in [2.24, 2.45) is 0 Å². The van der Waals surface area contributed by atoms with Crippen molar-refractivity contribution in [2.45, 2.75) is 32.6 Å². The zero-order chi connectivity index (χ0) is 21.6. The molecule has 0 heterocycles. The van der Waals surface area contributed by atoms with Gasteiger partial charge in [0.2, 0.25) is 0 Å². The van der Waals surface area contributed by atoms with Crippen LogP contribution >= 0.6 is 0 Å². The first-order valence-corrected chi connectivity index (χ1v) is 9.01. The van der Waals surface area contributed by atoms with Gasteiger partial charge in [0.1, 0.15) is 5.75 Å². The highest BCUT2D eigenvalue weighted by Crippen LogP contribution is 2.19. The smallest absolute Gasteiger partial charge is 0.422 e. The van der Waals surface area contributed by atoms with Crippen LogP contribution in [0.15, 0.2) is 48.5 Å². The van der Waals surface area contributed by atoms with Crippen LogP contribution in [0.25, 0.3) is 0 Å². The summed E-state index contributed by atoms with van der Waals surface area (Å²) in [6.07, 6.45) is -4.42. The first-order valence-electron chi connectivity index (χ1n) is 9.01. The van der Waals surface area contributed by atoms with Gasteiger partial charge in [-0.15, -0.1) is 0 Å². The Kier molecular flexibility index (Phi) is 7.25. The third-order valence-corrected chi connectivity index (χ3v) is 4.27. The highest BCUT2D eigenvalue weighted by Gasteiger charge is 2.28. The fourth-order valence-corrected chi connectivity index (χ4v) is 2.36. The second kappa shape index (κ2) is 9.45. The number of alkyl halides is 3. The zero-order valence-electron chi connectivity index (χ0n) is 16.4. The van der Waals surface area contributed by atoms with Crippen LogP contribution < -0.4 is 10.1 Å². The first-order chi connectivity index (χ1) is 13.6. The van der Waals surface area contributed by atoms with Crippen LogP contribution in [0.1, 0.15) is 40.1 Å². The fourth-order valence-electron chi connectivity index (χ4n) is 2.36. The van der Waals surface area contributed by atoms with Gasteiger partial charge >= 0.3 is 6.18 Å². The Morgan fingerprint density at radius 3 is 2.07 bits per heavy atom. The molecule has 0 unspecified atom stereocenters. The number of amides is 2. The molecule has 0 radical (unpaired) electrons. The molecule has 0 aliphatic rings. The Bertz CT molecular complexity index is 832. The van der Waals surface area contributed by atoms with Crippen LogP contribution in [-0.2, 0) is 6.54 Å². The number of halogens is 3. The molecule has 29 heavy (non-hydrogen) atoms. The molecule has 5 nitrogen and oxygen atoms in total. The van der Waals surface area contributed by atoms with Crippen LogP contribution in [0.5, 0.6) is 5.75 Å². The van der Waals surface area contributed by atoms with Gasteiger partial charge in [0.15, 0.2) is 6.61 Å². The molecule has 0 aromatic heterocycles. The number of rotatable bonds is 7. The van der Waals surface area contributed by atoms with E-state index in [4.69, 9.17) is 0 Å². The molecule has 0 atom stereocenters. The number of carbonyl (C=O) groups excluding carboxylic acids is 2. The van der Waals surface area contributed by atoms with Crippen LogP contribution in [0.2, 0.25) is 0 Å². The molecule has 0 fully saturated rings. The summed E-state index contributed by atoms with van der Waals surface area (Å²) < 4.78 is 41.0. The van der Waals surface area contributed by atoms with Gasteiger partial charge < -0.3 is 15.0 Å². The molecular formula is C21H23F3N2O3. The molecule has 8 heteroatoms. The number of hydrogen-bond donors (Lipinski definition) is 1. The summed E-state index contributed by atoms with van der Waals surface area (Å²) >= 11 is 0. The molecule has 0 aliphatic heterocycles. The van der Waals surface area contributed by atoms with E-state index in [1.54, 1.807) is 36.2 Å². The zero-order valence-corrected chi connectivity index (χ0v) is 16.4. The maximum Gasteiger partial charge on any atom is 0.422 e. The second-order valence-electron chi connectivity index (χ2n) is 6.82. The van der Waals surface area contributed by atoms with E-state index in [0.717, 1.165) is 5.56 Å². The van der Waals surface area contributed by atoms with E-state index >= 15 is 0 Å². The van der Waals surface area contributed by atoms with Crippen molar-refractivity contribution in [3.63, 3.8) is 0 Å². The summed E-state index contributed by atoms with van der Waals surface area (Å²) in [6, 6.07) is 12.4. The fraction of sp³-hybridized carbons (Fsp3) is 0.333. The minimum Gasteiger partial charge on any atom is -0.484 e. The number of nitrogens with zero attached hydrogens (tertiary/aromatic N) is 1. The third kappa shape index (κ3) is 6.81. The van der Waals surface area contributed by atoms with Crippen molar-refractivity contribution in [3.05, 3.63) is 65.2 Å². The Labute approximate surface area is 167 Å². The Hall–Kier alpha value is -3.03. The van der Waals surface area contributed by atoms with E-state index < -0.39 is 12.8 Å². The lowest BCUT2D eigenvalue weighted by molar-refractivity contribution is -0.153. The molecule has 0 bridgehead atoms. The van der Waals surface area contributed by atoms with Crippen molar-refractivity contribution in [2.75, 3.05) is 13.7 Å². The van der Waals surface area contributed by atoms with E-state index in [2.05, 4.69) is 10.1 Å². The van der Waals surface area contributed by atoms with Gasteiger partial charge in [-0.1, -0.05) is 12.1 Å². The van der Waals surface area contributed by atoms with Crippen molar-refractivity contribution < 1.29 is 27.5 Å². The van der Waals surface area contributed by atoms with Crippen molar-refractivity contribution in [1.29, 1.82) is 0 Å². The largest absolute Gasteiger partial charge is 0.484 e. The quantitative estimate of drug-likeness (QED) is 0.752. The van der Waals surface area contributed by atoms with Crippen LogP contribution in [0.3, 0.4) is 0 Å². The average Bonchev–Trinajstić information content (AvgIpc) is 2.69. The third-order valence-electron chi connectivity index (χ3n) is 4.27. The lowest BCUT2D eigenvalue weighted by atomic mass is 10.1. The summed E-state index contributed by atoms with van der Waals surface area (Å²) in [5.41, 5.74) is 1.67. The minimum absolute atomic E-state index is 0.0329. The van der Waals surface area contributed by atoms with Gasteiger partial charge in [-0.25, -0.2) is 0 Å². The molecule has 2 rings (SSSR count). The van der Waals surface area contributed by atoms with Crippen molar-refractivity contribution >= 4 is 11.8 Å². The summed E-state index contributed by atoms with van der Waals surface area (Å²) in [5.74, 6) is -0.416. The van der Waals surface area contributed by atoms with E-state index in [1.165, 1.54) is 24.3 Å². The molecule has 0 aliphatic carbocycles. The number of hydrogen-bond acceptors (Lipinski definition) is 3. The Morgan fingerprint density at radius 1 is 1.00 bits per heavy atom. The molecular weight excluding hydrogens is 385 g/mol. The van der Waals surface area contributed by atoms with E-state index in [9.17, 15) is 22.8 Å². The van der Waals surface area contributed by atoms with Gasteiger partial charge in [0, 0.05) is 30.8 Å². The van der Waals surface area contributed by atoms with Crippen LogP contribution in [-0.4, -0.2) is 42.6 Å². The topological polar surface area (TPSA) is 58.6 Å². The van der Waals surface area contributed by atoms with Crippen molar-refractivity contribution in [1.82, 2.24) is 10.2 Å². The Balaban J connectivity index is 1.89. The van der Waals surface area contributed by atoms with Gasteiger partial charge in [-0.3, -0.25) is 9.59 Å². The molecule has 2 aromatic rings. The number of ether oxygens (including phenoxy) is 1.